The number of amides is 1. The number of rotatable bonds is 4. The summed E-state index contributed by atoms with van der Waals surface area (Å²) in [4.78, 5) is 15.3. The predicted octanol–water partition coefficient (Wildman–Crippen LogP) is 2.00. The Kier molecular flexibility index (Phi) is 3.98. The van der Waals surface area contributed by atoms with E-state index in [1.54, 1.807) is 6.92 Å². The monoisotopic (exact) mass is 331 g/mol. The smallest absolute Gasteiger partial charge is 0.263 e. The second-order valence-corrected chi connectivity index (χ2v) is 6.98. The van der Waals surface area contributed by atoms with E-state index in [-0.39, 0.29) is 14.9 Å². The Hall–Kier alpha value is -1.64. The molecule has 0 atom stereocenters. The van der Waals surface area contributed by atoms with Crippen molar-refractivity contribution in [3.63, 3.8) is 0 Å². The summed E-state index contributed by atoms with van der Waals surface area (Å²) in [6, 6.07) is 5.69. The number of primary amides is 1. The summed E-state index contributed by atoms with van der Waals surface area (Å²) >= 11 is 6.59. The molecule has 0 aliphatic rings. The first-order chi connectivity index (χ1) is 9.29. The number of halogens is 1. The molecule has 0 aliphatic carbocycles. The van der Waals surface area contributed by atoms with E-state index >= 15 is 0 Å². The zero-order chi connectivity index (χ0) is 14.9. The molecule has 1 heterocycles. The van der Waals surface area contributed by atoms with Crippen LogP contribution < -0.4 is 10.5 Å². The number of benzene rings is 1. The van der Waals surface area contributed by atoms with Crippen LogP contribution in [0.4, 0.5) is 5.13 Å². The molecular weight excluding hydrogens is 322 g/mol. The van der Waals surface area contributed by atoms with Gasteiger partial charge in [-0.25, -0.2) is 13.4 Å². The number of carbonyl (C=O) groups is 1. The molecule has 20 heavy (non-hydrogen) atoms. The molecule has 1 amide bonds. The Morgan fingerprint density at radius 2 is 1.95 bits per heavy atom. The lowest BCUT2D eigenvalue weighted by Crippen LogP contribution is -2.12. The zero-order valence-electron chi connectivity index (χ0n) is 10.3. The van der Waals surface area contributed by atoms with Crippen LogP contribution in [0, 0.1) is 6.92 Å². The van der Waals surface area contributed by atoms with Crippen LogP contribution in [-0.4, -0.2) is 19.3 Å². The van der Waals surface area contributed by atoms with Gasteiger partial charge in [0.25, 0.3) is 15.9 Å². The molecule has 2 aromatic rings. The van der Waals surface area contributed by atoms with Gasteiger partial charge in [0.1, 0.15) is 4.88 Å². The Labute approximate surface area is 124 Å². The van der Waals surface area contributed by atoms with Crippen LogP contribution in [0.1, 0.15) is 15.4 Å². The minimum absolute atomic E-state index is 0.0513. The van der Waals surface area contributed by atoms with E-state index < -0.39 is 15.9 Å². The number of aryl methyl sites for hydroxylation is 1. The van der Waals surface area contributed by atoms with Crippen LogP contribution in [0.15, 0.2) is 29.2 Å². The molecule has 106 valence electrons. The minimum atomic E-state index is -3.77. The van der Waals surface area contributed by atoms with E-state index in [0.717, 1.165) is 11.3 Å². The molecule has 0 aliphatic heterocycles. The van der Waals surface area contributed by atoms with Gasteiger partial charge >= 0.3 is 0 Å². The van der Waals surface area contributed by atoms with Gasteiger partial charge in [0, 0.05) is 5.02 Å². The van der Waals surface area contributed by atoms with E-state index in [4.69, 9.17) is 17.3 Å². The highest BCUT2D eigenvalue weighted by Gasteiger charge is 2.19. The molecule has 0 spiro atoms. The van der Waals surface area contributed by atoms with Crippen molar-refractivity contribution >= 4 is 44.0 Å². The predicted molar refractivity (Wildman–Crippen MR) is 77.6 cm³/mol. The van der Waals surface area contributed by atoms with Crippen LogP contribution in [0.2, 0.25) is 5.02 Å². The van der Waals surface area contributed by atoms with Crippen molar-refractivity contribution in [3.8, 4) is 0 Å². The van der Waals surface area contributed by atoms with Crippen LogP contribution in [0.5, 0.6) is 0 Å². The molecule has 9 heteroatoms. The van der Waals surface area contributed by atoms with Gasteiger partial charge in [0.2, 0.25) is 0 Å². The van der Waals surface area contributed by atoms with Crippen LogP contribution in [0.3, 0.4) is 0 Å². The second kappa shape index (κ2) is 5.39. The third-order valence-corrected chi connectivity index (χ3v) is 5.19. The number of carbonyl (C=O) groups excluding carboxylic acids is 1. The first-order valence-corrected chi connectivity index (χ1v) is 8.03. The number of hydrogen-bond donors (Lipinski definition) is 2. The molecule has 2 rings (SSSR count). The van der Waals surface area contributed by atoms with Gasteiger partial charge in [-0.2, -0.15) is 0 Å². The number of sulfonamides is 1. The summed E-state index contributed by atoms with van der Waals surface area (Å²) in [5.41, 5.74) is 5.54. The number of nitrogens with one attached hydrogen (secondary N) is 1. The highest BCUT2D eigenvalue weighted by molar-refractivity contribution is 7.93. The maximum absolute atomic E-state index is 12.1. The van der Waals surface area contributed by atoms with Crippen LogP contribution in [-0.2, 0) is 10.0 Å². The van der Waals surface area contributed by atoms with Gasteiger partial charge in [0.15, 0.2) is 5.13 Å². The van der Waals surface area contributed by atoms with Crippen molar-refractivity contribution in [2.24, 2.45) is 5.73 Å². The lowest BCUT2D eigenvalue weighted by molar-refractivity contribution is 0.100. The molecule has 0 saturated heterocycles. The third kappa shape index (κ3) is 3.09. The summed E-state index contributed by atoms with van der Waals surface area (Å²) in [5, 5.41) is 0.524. The van der Waals surface area contributed by atoms with E-state index in [1.165, 1.54) is 24.3 Å². The van der Waals surface area contributed by atoms with Gasteiger partial charge in [-0.3, -0.25) is 9.52 Å². The lowest BCUT2D eigenvalue weighted by atomic mass is 10.4. The molecule has 0 bridgehead atoms. The molecule has 0 unspecified atom stereocenters. The van der Waals surface area contributed by atoms with Crippen LogP contribution >= 0.6 is 22.9 Å². The molecule has 1 aromatic heterocycles. The maximum Gasteiger partial charge on any atom is 0.263 e. The fourth-order valence-corrected chi connectivity index (χ4v) is 3.64. The molecule has 0 fully saturated rings. The average Bonchev–Trinajstić information content (AvgIpc) is 2.70. The number of nitrogens with two attached hydrogens (primary N) is 1. The standard InChI is InChI=1S/C11H10ClN3O3S2/c1-6-9(10(13)16)19-11(14-6)15-20(17,18)8-4-2-7(12)3-5-8/h2-5H,1H3,(H2,13,16)(H,14,15). The van der Waals surface area contributed by atoms with Crippen molar-refractivity contribution in [1.82, 2.24) is 4.98 Å². The number of aromatic nitrogens is 1. The molecule has 1 aromatic carbocycles. The van der Waals surface area contributed by atoms with Crippen LogP contribution in [0.25, 0.3) is 0 Å². The van der Waals surface area contributed by atoms with Crippen molar-refractivity contribution in [2.75, 3.05) is 4.72 Å². The first-order valence-electron chi connectivity index (χ1n) is 5.35. The Morgan fingerprint density at radius 3 is 2.45 bits per heavy atom. The van der Waals surface area contributed by atoms with Gasteiger partial charge < -0.3 is 5.73 Å². The summed E-state index contributed by atoms with van der Waals surface area (Å²) in [6.07, 6.45) is 0. The Balaban J connectivity index is 2.31. The van der Waals surface area contributed by atoms with E-state index in [1.807, 2.05) is 0 Å². The fourth-order valence-electron chi connectivity index (χ4n) is 1.46. The number of thiazole rings is 1. The maximum atomic E-state index is 12.1. The normalized spacial score (nSPS) is 11.3. The Morgan fingerprint density at radius 1 is 1.35 bits per heavy atom. The topological polar surface area (TPSA) is 102 Å². The Bertz CT molecular complexity index is 754. The summed E-state index contributed by atoms with van der Waals surface area (Å²) in [6.45, 7) is 1.58. The number of nitrogens with zero attached hydrogens (tertiary/aromatic N) is 1. The summed E-state index contributed by atoms with van der Waals surface area (Å²) in [5.74, 6) is -0.642. The molecular formula is C11H10ClN3O3S2. The van der Waals surface area contributed by atoms with Gasteiger partial charge in [-0.1, -0.05) is 22.9 Å². The fraction of sp³-hybridized carbons (Fsp3) is 0.0909. The summed E-state index contributed by atoms with van der Waals surface area (Å²) < 4.78 is 26.5. The molecule has 0 radical (unpaired) electrons. The van der Waals surface area contributed by atoms with E-state index in [2.05, 4.69) is 9.71 Å². The van der Waals surface area contributed by atoms with Crippen molar-refractivity contribution in [1.29, 1.82) is 0 Å². The molecule has 6 nitrogen and oxygen atoms in total. The number of hydrogen-bond acceptors (Lipinski definition) is 5. The van der Waals surface area contributed by atoms with E-state index in [9.17, 15) is 13.2 Å². The first kappa shape index (κ1) is 14.8. The van der Waals surface area contributed by atoms with Gasteiger partial charge in [0.05, 0.1) is 10.6 Å². The lowest BCUT2D eigenvalue weighted by Gasteiger charge is -2.04. The van der Waals surface area contributed by atoms with Crippen molar-refractivity contribution in [2.45, 2.75) is 11.8 Å². The quantitative estimate of drug-likeness (QED) is 0.894. The zero-order valence-corrected chi connectivity index (χ0v) is 12.6. The second-order valence-electron chi connectivity index (χ2n) is 3.86. The van der Waals surface area contributed by atoms with Crippen molar-refractivity contribution < 1.29 is 13.2 Å². The minimum Gasteiger partial charge on any atom is -0.365 e. The van der Waals surface area contributed by atoms with Gasteiger partial charge in [-0.15, -0.1) is 0 Å². The summed E-state index contributed by atoms with van der Waals surface area (Å²) in [7, 11) is -3.77. The highest BCUT2D eigenvalue weighted by Crippen LogP contribution is 2.25. The third-order valence-electron chi connectivity index (χ3n) is 2.37. The average molecular weight is 332 g/mol. The van der Waals surface area contributed by atoms with Gasteiger partial charge in [-0.05, 0) is 31.2 Å². The number of anilines is 1. The molecule has 3 N–H and O–H groups in total. The highest BCUT2D eigenvalue weighted by atomic mass is 35.5. The molecule has 0 saturated carbocycles. The van der Waals surface area contributed by atoms with E-state index in [0.29, 0.717) is 10.7 Å². The van der Waals surface area contributed by atoms with Crippen molar-refractivity contribution in [3.05, 3.63) is 39.9 Å². The largest absolute Gasteiger partial charge is 0.365 e. The SMILES string of the molecule is Cc1nc(NS(=O)(=O)c2ccc(Cl)cc2)sc1C(N)=O.